The Morgan fingerprint density at radius 1 is 1.22 bits per heavy atom. The second-order valence-corrected chi connectivity index (χ2v) is 11.1. The molecule has 23 heavy (non-hydrogen) atoms. The monoisotopic (exact) mass is 393 g/mol. The number of hydrogen-bond donors (Lipinski definition) is 2. The largest absolute Gasteiger partial charge is 0.443 e. The van der Waals surface area contributed by atoms with Crippen molar-refractivity contribution < 1.29 is 14.3 Å². The number of nitrogens with one attached hydrogen (secondary N) is 2. The Hall–Kier alpha value is -0.710. The molecule has 0 aliphatic rings. The number of nitrogens with zero attached hydrogens (tertiary/aromatic N) is 1. The molecular formula is C13H19N3O3S4. The number of carbonyl (C=O) groups excluding carboxylic acids is 2. The van der Waals surface area contributed by atoms with Crippen molar-refractivity contribution in [3.63, 3.8) is 0 Å². The third-order valence-corrected chi connectivity index (χ3v) is 8.10. The normalized spacial score (nSPS) is 10.9. The highest BCUT2D eigenvalue weighted by Crippen LogP contribution is 2.45. The van der Waals surface area contributed by atoms with Gasteiger partial charge in [0.15, 0.2) is 0 Å². The van der Waals surface area contributed by atoms with Gasteiger partial charge < -0.3 is 4.74 Å². The first-order valence-electron chi connectivity index (χ1n) is 6.68. The third kappa shape index (κ3) is 11.5. The molecule has 2 N–H and O–H groups in total. The summed E-state index contributed by atoms with van der Waals surface area (Å²) in [5.74, 6) is 0.383. The first kappa shape index (κ1) is 20.3. The molecule has 6 nitrogen and oxygen atoms in total. The van der Waals surface area contributed by atoms with Crippen molar-refractivity contribution in [2.45, 2.75) is 37.8 Å². The lowest BCUT2D eigenvalue weighted by molar-refractivity contribution is -0.121. The number of rotatable bonds is 7. The van der Waals surface area contributed by atoms with Crippen molar-refractivity contribution in [3.8, 4) is 0 Å². The van der Waals surface area contributed by atoms with Crippen molar-refractivity contribution in [1.29, 1.82) is 0 Å². The SMILES string of the molecule is CC(C)(C)OC(=O)NNC(=O)CCSSSSc1ccccn1. The molecule has 1 aromatic rings. The van der Waals surface area contributed by atoms with Gasteiger partial charge in [0, 0.05) is 18.4 Å². The molecule has 0 spiro atoms. The van der Waals surface area contributed by atoms with Gasteiger partial charge in [0.1, 0.15) is 10.6 Å². The van der Waals surface area contributed by atoms with Crippen LogP contribution >= 0.6 is 41.2 Å². The number of hydrogen-bond acceptors (Lipinski definition) is 8. The molecule has 0 atom stereocenters. The van der Waals surface area contributed by atoms with Gasteiger partial charge in [-0.1, -0.05) is 16.9 Å². The average molecular weight is 394 g/mol. The summed E-state index contributed by atoms with van der Waals surface area (Å²) in [6.07, 6.45) is 1.39. The van der Waals surface area contributed by atoms with Crippen LogP contribution in [-0.4, -0.2) is 28.3 Å². The van der Waals surface area contributed by atoms with E-state index in [1.165, 1.54) is 0 Å². The first-order valence-corrected chi connectivity index (χ1v) is 11.7. The summed E-state index contributed by atoms with van der Waals surface area (Å²) in [7, 11) is 6.33. The lowest BCUT2D eigenvalue weighted by Gasteiger charge is -2.19. The van der Waals surface area contributed by atoms with Crippen LogP contribution in [0.2, 0.25) is 0 Å². The number of ether oxygens (including phenoxy) is 1. The van der Waals surface area contributed by atoms with Crippen LogP contribution in [0.4, 0.5) is 4.79 Å². The molecule has 0 saturated carbocycles. The summed E-state index contributed by atoms with van der Waals surface area (Å²) in [5, 5.41) is 0.949. The molecule has 1 rings (SSSR count). The molecule has 128 valence electrons. The highest BCUT2D eigenvalue weighted by atomic mass is 33.7. The van der Waals surface area contributed by atoms with Gasteiger partial charge >= 0.3 is 6.09 Å². The van der Waals surface area contributed by atoms with Gasteiger partial charge in [0.05, 0.1) is 0 Å². The lowest BCUT2D eigenvalue weighted by Crippen LogP contribution is -2.44. The Morgan fingerprint density at radius 2 is 2.00 bits per heavy atom. The third-order valence-electron chi connectivity index (χ3n) is 1.95. The Morgan fingerprint density at radius 3 is 2.65 bits per heavy atom. The fraction of sp³-hybridized carbons (Fsp3) is 0.462. The van der Waals surface area contributed by atoms with E-state index in [-0.39, 0.29) is 5.91 Å². The molecule has 10 heteroatoms. The van der Waals surface area contributed by atoms with Crippen molar-refractivity contribution >= 4 is 53.2 Å². The minimum Gasteiger partial charge on any atom is -0.443 e. The maximum Gasteiger partial charge on any atom is 0.426 e. The first-order chi connectivity index (χ1) is 10.9. The highest BCUT2D eigenvalue weighted by Gasteiger charge is 2.16. The van der Waals surface area contributed by atoms with E-state index >= 15 is 0 Å². The maximum atomic E-state index is 11.5. The van der Waals surface area contributed by atoms with Crippen LogP contribution in [0, 0.1) is 0 Å². The smallest absolute Gasteiger partial charge is 0.426 e. The molecule has 1 heterocycles. The van der Waals surface area contributed by atoms with Crippen molar-refractivity contribution in [2.24, 2.45) is 0 Å². The lowest BCUT2D eigenvalue weighted by atomic mass is 10.2. The molecule has 0 unspecified atom stereocenters. The van der Waals surface area contributed by atoms with Crippen molar-refractivity contribution in [3.05, 3.63) is 24.4 Å². The van der Waals surface area contributed by atoms with Gasteiger partial charge in [0.2, 0.25) is 5.91 Å². The molecular weight excluding hydrogens is 374 g/mol. The van der Waals surface area contributed by atoms with E-state index in [9.17, 15) is 9.59 Å². The van der Waals surface area contributed by atoms with Crippen LogP contribution in [0.5, 0.6) is 0 Å². The van der Waals surface area contributed by atoms with E-state index in [1.54, 1.807) is 68.2 Å². The van der Waals surface area contributed by atoms with Crippen LogP contribution in [0.25, 0.3) is 0 Å². The summed E-state index contributed by atoms with van der Waals surface area (Å²) >= 11 is 0. The van der Waals surface area contributed by atoms with E-state index in [0.29, 0.717) is 12.2 Å². The van der Waals surface area contributed by atoms with Crippen LogP contribution in [0.15, 0.2) is 29.4 Å². The second-order valence-electron chi connectivity index (χ2n) is 5.13. The Kier molecular flexibility index (Phi) is 9.68. The predicted molar refractivity (Wildman–Crippen MR) is 99.9 cm³/mol. The number of amides is 2. The molecule has 0 radical (unpaired) electrons. The highest BCUT2D eigenvalue weighted by molar-refractivity contribution is 9.26. The molecule has 0 saturated heterocycles. The van der Waals surface area contributed by atoms with Gasteiger partial charge in [-0.15, -0.1) is 0 Å². The molecule has 0 aliphatic carbocycles. The zero-order valence-corrected chi connectivity index (χ0v) is 16.3. The van der Waals surface area contributed by atoms with E-state index in [2.05, 4.69) is 15.8 Å². The summed E-state index contributed by atoms with van der Waals surface area (Å²) in [6.45, 7) is 5.26. The fourth-order valence-corrected chi connectivity index (χ4v) is 6.65. The minimum absolute atomic E-state index is 0.258. The van der Waals surface area contributed by atoms with Crippen LogP contribution < -0.4 is 10.9 Å². The summed E-state index contributed by atoms with van der Waals surface area (Å²) in [4.78, 5) is 27.1. The van der Waals surface area contributed by atoms with Gasteiger partial charge in [0.25, 0.3) is 0 Å². The van der Waals surface area contributed by atoms with E-state index in [0.717, 1.165) is 5.03 Å². The van der Waals surface area contributed by atoms with Crippen LogP contribution in [-0.2, 0) is 9.53 Å². The molecule has 2 amide bonds. The fourth-order valence-electron chi connectivity index (χ4n) is 1.12. The molecule has 0 aromatic carbocycles. The van der Waals surface area contributed by atoms with Gasteiger partial charge in [-0.25, -0.2) is 15.2 Å². The van der Waals surface area contributed by atoms with Gasteiger partial charge in [-0.3, -0.25) is 10.2 Å². The average Bonchev–Trinajstić information content (AvgIpc) is 2.48. The summed E-state index contributed by atoms with van der Waals surface area (Å²) in [6, 6.07) is 5.76. The van der Waals surface area contributed by atoms with Crippen molar-refractivity contribution in [1.82, 2.24) is 15.8 Å². The van der Waals surface area contributed by atoms with E-state index in [1.807, 2.05) is 18.2 Å². The van der Waals surface area contributed by atoms with Gasteiger partial charge in [-0.2, -0.15) is 0 Å². The Labute approximate surface area is 151 Å². The number of pyridine rings is 1. The zero-order chi connectivity index (χ0) is 17.1. The number of carbonyl (C=O) groups is 2. The van der Waals surface area contributed by atoms with Crippen LogP contribution in [0.3, 0.4) is 0 Å². The Bertz CT molecular complexity index is 497. The number of aromatic nitrogens is 1. The van der Waals surface area contributed by atoms with E-state index < -0.39 is 11.7 Å². The Balaban J connectivity index is 2.01. The molecule has 0 aliphatic heterocycles. The number of hydrazine groups is 1. The van der Waals surface area contributed by atoms with Crippen molar-refractivity contribution in [2.75, 3.05) is 5.75 Å². The summed E-state index contributed by atoms with van der Waals surface area (Å²) < 4.78 is 5.00. The zero-order valence-electron chi connectivity index (χ0n) is 13.0. The minimum atomic E-state index is -0.671. The van der Waals surface area contributed by atoms with Crippen LogP contribution in [0.1, 0.15) is 27.2 Å². The quantitative estimate of drug-likeness (QED) is 0.408. The van der Waals surface area contributed by atoms with E-state index in [4.69, 9.17) is 4.74 Å². The molecule has 0 bridgehead atoms. The predicted octanol–water partition coefficient (Wildman–Crippen LogP) is 4.06. The molecule has 1 aromatic heterocycles. The maximum absolute atomic E-state index is 11.5. The molecule has 0 fully saturated rings. The second kappa shape index (κ2) is 11.0. The van der Waals surface area contributed by atoms with Gasteiger partial charge in [-0.05, 0) is 63.3 Å². The standard InChI is InChI=1S/C13H19N3O3S4/c1-13(2,3)19-12(18)16-15-10(17)7-9-20-22-23-21-11-6-4-5-8-14-11/h4-6,8H,7,9H2,1-3H3,(H,15,17)(H,16,18). The summed E-state index contributed by atoms with van der Waals surface area (Å²) in [5.41, 5.74) is 3.94. The topological polar surface area (TPSA) is 80.3 Å².